The number of halogens is 1. The van der Waals surface area contributed by atoms with Crippen molar-refractivity contribution in [2.24, 2.45) is 5.10 Å². The lowest BCUT2D eigenvalue weighted by molar-refractivity contribution is -0.120. The molecule has 0 aromatic heterocycles. The molecule has 7 heteroatoms. The van der Waals surface area contributed by atoms with Gasteiger partial charge in [-0.25, -0.2) is 10.2 Å². The summed E-state index contributed by atoms with van der Waals surface area (Å²) >= 11 is 5.87. The van der Waals surface area contributed by atoms with Crippen molar-refractivity contribution in [2.45, 2.75) is 13.3 Å². The molecule has 0 aliphatic heterocycles. The van der Waals surface area contributed by atoms with Gasteiger partial charge in [0.1, 0.15) is 0 Å². The van der Waals surface area contributed by atoms with Crippen LogP contribution in [-0.4, -0.2) is 24.7 Å². The molecular weight excluding hydrogens is 464 g/mol. The standard InChI is InChI=1S/C28H23ClN2O4/c1-2-34-26-16-19(10-15-25(26)35-28(33)21-11-13-23(29)14-12-21)18-30-31-27(32)17-22-8-5-7-20-6-3-4-9-24(20)22/h3-16,18H,2,17H2,1H3,(H,31,32)/b30-18+. The van der Waals surface area contributed by atoms with Gasteiger partial charge in [0.25, 0.3) is 0 Å². The first-order chi connectivity index (χ1) is 17.0. The lowest BCUT2D eigenvalue weighted by atomic mass is 10.0. The van der Waals surface area contributed by atoms with Gasteiger partial charge in [-0.2, -0.15) is 5.10 Å². The third kappa shape index (κ3) is 6.25. The Morgan fingerprint density at radius 3 is 2.51 bits per heavy atom. The van der Waals surface area contributed by atoms with Crippen molar-refractivity contribution in [1.29, 1.82) is 0 Å². The van der Waals surface area contributed by atoms with E-state index in [9.17, 15) is 9.59 Å². The van der Waals surface area contributed by atoms with Crippen molar-refractivity contribution < 1.29 is 19.1 Å². The molecule has 0 spiro atoms. The average Bonchev–Trinajstić information content (AvgIpc) is 2.86. The monoisotopic (exact) mass is 486 g/mol. The fourth-order valence-electron chi connectivity index (χ4n) is 3.54. The van der Waals surface area contributed by atoms with Crippen molar-refractivity contribution >= 4 is 40.5 Å². The maximum Gasteiger partial charge on any atom is 0.343 e. The first-order valence-corrected chi connectivity index (χ1v) is 11.4. The van der Waals surface area contributed by atoms with Gasteiger partial charge in [0.2, 0.25) is 5.91 Å². The fourth-order valence-corrected chi connectivity index (χ4v) is 3.67. The van der Waals surface area contributed by atoms with Gasteiger partial charge in [-0.1, -0.05) is 54.1 Å². The minimum absolute atomic E-state index is 0.211. The van der Waals surface area contributed by atoms with Gasteiger partial charge in [0.15, 0.2) is 11.5 Å². The number of hydrogen-bond donors (Lipinski definition) is 1. The van der Waals surface area contributed by atoms with Gasteiger partial charge < -0.3 is 9.47 Å². The molecule has 4 aromatic carbocycles. The summed E-state index contributed by atoms with van der Waals surface area (Å²) in [5, 5.41) is 6.72. The maximum absolute atomic E-state index is 12.5. The Morgan fingerprint density at radius 2 is 1.71 bits per heavy atom. The lowest BCUT2D eigenvalue weighted by Crippen LogP contribution is -2.19. The highest BCUT2D eigenvalue weighted by Crippen LogP contribution is 2.29. The van der Waals surface area contributed by atoms with E-state index >= 15 is 0 Å². The summed E-state index contributed by atoms with van der Waals surface area (Å²) in [6.45, 7) is 2.22. The summed E-state index contributed by atoms with van der Waals surface area (Å²) in [5.74, 6) is -0.0781. The summed E-state index contributed by atoms with van der Waals surface area (Å²) in [7, 11) is 0. The Kier molecular flexibility index (Phi) is 7.75. The molecular formula is C28H23ClN2O4. The molecule has 4 rings (SSSR count). The molecule has 0 saturated carbocycles. The normalized spacial score (nSPS) is 10.9. The second-order valence-electron chi connectivity index (χ2n) is 7.64. The molecule has 0 fully saturated rings. The Bertz CT molecular complexity index is 1380. The van der Waals surface area contributed by atoms with Crippen LogP contribution in [0.1, 0.15) is 28.4 Å². The van der Waals surface area contributed by atoms with Crippen molar-refractivity contribution in [3.8, 4) is 11.5 Å². The molecule has 0 saturated heterocycles. The molecule has 35 heavy (non-hydrogen) atoms. The van der Waals surface area contributed by atoms with Crippen molar-refractivity contribution in [3.63, 3.8) is 0 Å². The zero-order valence-electron chi connectivity index (χ0n) is 19.0. The Morgan fingerprint density at radius 1 is 0.943 bits per heavy atom. The molecule has 1 amide bonds. The van der Waals surface area contributed by atoms with E-state index in [1.165, 1.54) is 6.21 Å². The number of hydrogen-bond acceptors (Lipinski definition) is 5. The van der Waals surface area contributed by atoms with Crippen molar-refractivity contribution in [2.75, 3.05) is 6.61 Å². The molecule has 6 nitrogen and oxygen atoms in total. The number of esters is 1. The van der Waals surface area contributed by atoms with Crippen LogP contribution in [0.25, 0.3) is 10.8 Å². The van der Waals surface area contributed by atoms with Crippen LogP contribution in [0.2, 0.25) is 5.02 Å². The number of rotatable bonds is 8. The quantitative estimate of drug-likeness (QED) is 0.148. The summed E-state index contributed by atoms with van der Waals surface area (Å²) in [4.78, 5) is 24.9. The van der Waals surface area contributed by atoms with Gasteiger partial charge in [0.05, 0.1) is 24.8 Å². The molecule has 4 aromatic rings. The van der Waals surface area contributed by atoms with Crippen LogP contribution in [0.15, 0.2) is 90.0 Å². The van der Waals surface area contributed by atoms with Crippen LogP contribution in [0.5, 0.6) is 11.5 Å². The predicted octanol–water partition coefficient (Wildman–Crippen LogP) is 5.80. The predicted molar refractivity (Wildman–Crippen MR) is 137 cm³/mol. The van der Waals surface area contributed by atoms with Crippen LogP contribution in [0.4, 0.5) is 0 Å². The molecule has 0 heterocycles. The fraction of sp³-hybridized carbons (Fsp3) is 0.107. The highest BCUT2D eigenvalue weighted by atomic mass is 35.5. The van der Waals surface area contributed by atoms with Crippen molar-refractivity contribution in [3.05, 3.63) is 107 Å². The molecule has 0 bridgehead atoms. The number of hydrazone groups is 1. The molecule has 176 valence electrons. The summed E-state index contributed by atoms with van der Waals surface area (Å²) in [6, 6.07) is 25.3. The van der Waals surface area contributed by atoms with E-state index in [0.29, 0.717) is 28.5 Å². The number of benzene rings is 4. The number of nitrogens with zero attached hydrogens (tertiary/aromatic N) is 1. The number of amides is 1. The SMILES string of the molecule is CCOc1cc(/C=N/NC(=O)Cc2cccc3ccccc23)ccc1OC(=O)c1ccc(Cl)cc1. The molecule has 0 aliphatic carbocycles. The Balaban J connectivity index is 1.41. The second kappa shape index (κ2) is 11.3. The average molecular weight is 487 g/mol. The first kappa shape index (κ1) is 24.0. The second-order valence-corrected chi connectivity index (χ2v) is 8.08. The van der Waals surface area contributed by atoms with Gasteiger partial charge in [0, 0.05) is 5.02 Å². The van der Waals surface area contributed by atoms with E-state index in [0.717, 1.165) is 16.3 Å². The van der Waals surface area contributed by atoms with Crippen LogP contribution in [0.3, 0.4) is 0 Å². The van der Waals surface area contributed by atoms with E-state index in [1.54, 1.807) is 42.5 Å². The van der Waals surface area contributed by atoms with Gasteiger partial charge in [-0.15, -0.1) is 0 Å². The van der Waals surface area contributed by atoms with Crippen LogP contribution in [0, 0.1) is 0 Å². The summed E-state index contributed by atoms with van der Waals surface area (Å²) in [6.07, 6.45) is 1.72. The van der Waals surface area contributed by atoms with Gasteiger partial charge in [-0.3, -0.25) is 4.79 Å². The highest BCUT2D eigenvalue weighted by molar-refractivity contribution is 6.30. The summed E-state index contributed by atoms with van der Waals surface area (Å²) in [5.41, 5.74) is 4.54. The summed E-state index contributed by atoms with van der Waals surface area (Å²) < 4.78 is 11.1. The van der Waals surface area contributed by atoms with Crippen LogP contribution < -0.4 is 14.9 Å². The third-order valence-electron chi connectivity index (χ3n) is 5.18. The topological polar surface area (TPSA) is 77.0 Å². The smallest absolute Gasteiger partial charge is 0.343 e. The highest BCUT2D eigenvalue weighted by Gasteiger charge is 2.13. The van der Waals surface area contributed by atoms with Crippen LogP contribution >= 0.6 is 11.6 Å². The van der Waals surface area contributed by atoms with Crippen LogP contribution in [-0.2, 0) is 11.2 Å². The van der Waals surface area contributed by atoms with E-state index < -0.39 is 5.97 Å². The third-order valence-corrected chi connectivity index (χ3v) is 5.44. The van der Waals surface area contributed by atoms with Gasteiger partial charge in [-0.05, 0) is 71.3 Å². The van der Waals surface area contributed by atoms with E-state index in [2.05, 4.69) is 10.5 Å². The molecule has 0 aliphatic rings. The Labute approximate surface area is 208 Å². The number of fused-ring (bicyclic) bond motifs is 1. The minimum atomic E-state index is -0.523. The first-order valence-electron chi connectivity index (χ1n) is 11.1. The lowest BCUT2D eigenvalue weighted by Gasteiger charge is -2.11. The zero-order chi connectivity index (χ0) is 24.6. The van der Waals surface area contributed by atoms with E-state index in [-0.39, 0.29) is 18.1 Å². The van der Waals surface area contributed by atoms with Crippen molar-refractivity contribution in [1.82, 2.24) is 5.43 Å². The molecule has 0 radical (unpaired) electrons. The van der Waals surface area contributed by atoms with E-state index in [4.69, 9.17) is 21.1 Å². The number of carbonyl (C=O) groups excluding carboxylic acids is 2. The van der Waals surface area contributed by atoms with Gasteiger partial charge >= 0.3 is 5.97 Å². The molecule has 0 unspecified atom stereocenters. The Hall–Kier alpha value is -4.16. The maximum atomic E-state index is 12.5. The molecule has 1 N–H and O–H groups in total. The minimum Gasteiger partial charge on any atom is -0.490 e. The van der Waals surface area contributed by atoms with E-state index in [1.807, 2.05) is 49.4 Å². The molecule has 0 atom stereocenters. The largest absolute Gasteiger partial charge is 0.490 e. The number of ether oxygens (including phenoxy) is 2. The zero-order valence-corrected chi connectivity index (χ0v) is 19.8. The number of carbonyl (C=O) groups is 2. The number of nitrogens with one attached hydrogen (secondary N) is 1.